The maximum absolute atomic E-state index is 13.8. The number of hydrogen-bond acceptors (Lipinski definition) is 9. The van der Waals surface area contributed by atoms with E-state index in [0.717, 1.165) is 16.7 Å². The molecule has 1 saturated heterocycles. The summed E-state index contributed by atoms with van der Waals surface area (Å²) in [5.74, 6) is -0.690. The molecular weight excluding hydrogens is 564 g/mol. The summed E-state index contributed by atoms with van der Waals surface area (Å²) in [5.41, 5.74) is 2.80. The van der Waals surface area contributed by atoms with Crippen molar-refractivity contribution >= 4 is 5.78 Å². The SMILES string of the molecule is O=C(c1cccc(CO)n1)[C@@H]1O[C@H](COCc2ccccc2)[C@@H](OCc2ccccc2)[C@H](OCc2ccccc2)[C@H]1[N+](=O)[O-]. The molecule has 0 radical (unpaired) electrons. The molecular formula is C34H34N2O8. The average Bonchev–Trinajstić information content (AvgIpc) is 3.07. The van der Waals surface area contributed by atoms with Gasteiger partial charge in [0.1, 0.15) is 17.9 Å². The minimum absolute atomic E-state index is 0.0160. The van der Waals surface area contributed by atoms with E-state index < -0.39 is 41.2 Å². The van der Waals surface area contributed by atoms with Crippen molar-refractivity contribution in [3.8, 4) is 0 Å². The van der Waals surface area contributed by atoms with Crippen molar-refractivity contribution in [3.05, 3.63) is 147 Å². The topological polar surface area (TPSA) is 130 Å². The summed E-state index contributed by atoms with van der Waals surface area (Å²) in [7, 11) is 0. The summed E-state index contributed by atoms with van der Waals surface area (Å²) in [4.78, 5) is 30.2. The van der Waals surface area contributed by atoms with Gasteiger partial charge in [0, 0.05) is 4.92 Å². The van der Waals surface area contributed by atoms with Crippen LogP contribution in [0.4, 0.5) is 0 Å². The van der Waals surface area contributed by atoms with Gasteiger partial charge in [0.2, 0.25) is 5.78 Å². The van der Waals surface area contributed by atoms with Crippen LogP contribution in [0.3, 0.4) is 0 Å². The lowest BCUT2D eigenvalue weighted by Gasteiger charge is -2.42. The Labute approximate surface area is 255 Å². The van der Waals surface area contributed by atoms with Crippen molar-refractivity contribution < 1.29 is 33.8 Å². The largest absolute Gasteiger partial charge is 0.390 e. The summed E-state index contributed by atoms with van der Waals surface area (Å²) < 4.78 is 24.9. The van der Waals surface area contributed by atoms with Gasteiger partial charge in [0.05, 0.1) is 38.7 Å². The number of Topliss-reactive ketones (excluding diaryl/α,β-unsaturated/α-hetero) is 1. The maximum atomic E-state index is 13.8. The molecule has 0 unspecified atom stereocenters. The molecule has 0 aliphatic carbocycles. The third-order valence-corrected chi connectivity index (χ3v) is 7.35. The standard InChI is InChI=1S/C34H34N2O8/c37-19-27-17-10-18-28(35-27)31(38)33-30(36(39)40)34(43-22-26-15-8-3-9-16-26)32(42-21-25-13-6-2-7-14-25)29(44-33)23-41-20-24-11-4-1-5-12-24/h1-18,29-30,32-34,37H,19-23H2/t29-,30+,32-,33-,34-/m1/s1. The summed E-state index contributed by atoms with van der Waals surface area (Å²) in [5, 5.41) is 22.3. The molecule has 44 heavy (non-hydrogen) atoms. The molecule has 0 bridgehead atoms. The highest BCUT2D eigenvalue weighted by atomic mass is 16.7. The van der Waals surface area contributed by atoms with Crippen molar-refractivity contribution in [1.82, 2.24) is 4.98 Å². The van der Waals surface area contributed by atoms with Crippen molar-refractivity contribution in [2.24, 2.45) is 0 Å². The van der Waals surface area contributed by atoms with Crippen molar-refractivity contribution in [3.63, 3.8) is 0 Å². The first-order valence-electron chi connectivity index (χ1n) is 14.4. The van der Waals surface area contributed by atoms with Gasteiger partial charge in [-0.05, 0) is 28.8 Å². The predicted molar refractivity (Wildman–Crippen MR) is 160 cm³/mol. The zero-order valence-electron chi connectivity index (χ0n) is 24.0. The van der Waals surface area contributed by atoms with E-state index in [9.17, 15) is 20.0 Å². The molecule has 3 aromatic carbocycles. The lowest BCUT2D eigenvalue weighted by atomic mass is 9.89. The first-order chi connectivity index (χ1) is 21.5. The average molecular weight is 599 g/mol. The summed E-state index contributed by atoms with van der Waals surface area (Å²) >= 11 is 0. The lowest BCUT2D eigenvalue weighted by Crippen LogP contribution is -2.64. The fourth-order valence-corrected chi connectivity index (χ4v) is 5.15. The van der Waals surface area contributed by atoms with Gasteiger partial charge in [-0.15, -0.1) is 0 Å². The van der Waals surface area contributed by atoms with Crippen LogP contribution < -0.4 is 0 Å². The Kier molecular flexibility index (Phi) is 10.9. The predicted octanol–water partition coefficient (Wildman–Crippen LogP) is 4.56. The zero-order chi connectivity index (χ0) is 30.7. The third-order valence-electron chi connectivity index (χ3n) is 7.35. The van der Waals surface area contributed by atoms with Gasteiger partial charge >= 0.3 is 0 Å². The quantitative estimate of drug-likeness (QED) is 0.126. The van der Waals surface area contributed by atoms with E-state index in [2.05, 4.69) is 4.98 Å². The van der Waals surface area contributed by atoms with Crippen molar-refractivity contribution in [2.45, 2.75) is 56.9 Å². The number of aliphatic hydroxyl groups is 1. The fourth-order valence-electron chi connectivity index (χ4n) is 5.15. The molecule has 10 heteroatoms. The van der Waals surface area contributed by atoms with E-state index in [1.165, 1.54) is 6.07 Å². The van der Waals surface area contributed by atoms with E-state index in [1.54, 1.807) is 12.1 Å². The highest BCUT2D eigenvalue weighted by molar-refractivity contribution is 5.98. The van der Waals surface area contributed by atoms with Crippen LogP contribution in [0.1, 0.15) is 32.9 Å². The van der Waals surface area contributed by atoms with E-state index in [4.69, 9.17) is 18.9 Å². The Hall–Kier alpha value is -4.32. The normalized spacial score (nSPS) is 21.5. The molecule has 0 amide bonds. The van der Waals surface area contributed by atoms with E-state index >= 15 is 0 Å². The summed E-state index contributed by atoms with van der Waals surface area (Å²) in [6, 6.07) is 31.2. The van der Waals surface area contributed by atoms with Gasteiger partial charge in [-0.2, -0.15) is 0 Å². The Morgan fingerprint density at radius 3 is 1.86 bits per heavy atom. The number of nitro groups is 1. The number of carbonyl (C=O) groups excluding carboxylic acids is 1. The number of ether oxygens (including phenoxy) is 4. The molecule has 10 nitrogen and oxygen atoms in total. The van der Waals surface area contributed by atoms with Crippen LogP contribution in [0, 0.1) is 10.1 Å². The molecule has 0 spiro atoms. The smallest absolute Gasteiger partial charge is 0.274 e. The highest BCUT2D eigenvalue weighted by Crippen LogP contribution is 2.31. The monoisotopic (exact) mass is 598 g/mol. The molecule has 5 rings (SSSR count). The molecule has 1 N–H and O–H groups in total. The minimum atomic E-state index is -1.61. The number of rotatable bonds is 14. The van der Waals surface area contributed by atoms with E-state index in [0.29, 0.717) is 0 Å². The number of benzene rings is 3. The van der Waals surface area contributed by atoms with Gasteiger partial charge in [0.15, 0.2) is 12.2 Å². The molecule has 5 atom stereocenters. The third kappa shape index (κ3) is 7.98. The number of aromatic nitrogens is 1. The Balaban J connectivity index is 1.48. The van der Waals surface area contributed by atoms with Gasteiger partial charge in [-0.3, -0.25) is 14.9 Å². The van der Waals surface area contributed by atoms with Crippen molar-refractivity contribution in [2.75, 3.05) is 6.61 Å². The molecule has 4 aromatic rings. The second kappa shape index (κ2) is 15.4. The molecule has 2 heterocycles. The Morgan fingerprint density at radius 1 is 0.773 bits per heavy atom. The molecule has 1 aliphatic rings. The van der Waals surface area contributed by atoms with Gasteiger partial charge in [0.25, 0.3) is 6.04 Å². The molecule has 0 saturated carbocycles. The van der Waals surface area contributed by atoms with Crippen LogP contribution in [0.15, 0.2) is 109 Å². The molecule has 228 valence electrons. The molecule has 1 fully saturated rings. The molecule has 1 aromatic heterocycles. The summed E-state index contributed by atoms with van der Waals surface area (Å²) in [6.07, 6.45) is -4.57. The number of carbonyl (C=O) groups is 1. The second-order valence-electron chi connectivity index (χ2n) is 10.4. The second-order valence-corrected chi connectivity index (χ2v) is 10.4. The zero-order valence-corrected chi connectivity index (χ0v) is 24.0. The van der Waals surface area contributed by atoms with Gasteiger partial charge in [-0.25, -0.2) is 4.98 Å². The fraction of sp³-hybridized carbons (Fsp3) is 0.294. The van der Waals surface area contributed by atoms with Crippen LogP contribution in [0.2, 0.25) is 0 Å². The first kappa shape index (κ1) is 31.1. The summed E-state index contributed by atoms with van der Waals surface area (Å²) in [6.45, 7) is 0.0482. The van der Waals surface area contributed by atoms with Gasteiger partial charge in [-0.1, -0.05) is 97.1 Å². The highest BCUT2D eigenvalue weighted by Gasteiger charge is 2.56. The van der Waals surface area contributed by atoms with Crippen LogP contribution in [-0.4, -0.2) is 57.9 Å². The van der Waals surface area contributed by atoms with Gasteiger partial charge < -0.3 is 24.1 Å². The van der Waals surface area contributed by atoms with E-state index in [1.807, 2.05) is 91.0 Å². The number of hydrogen-bond donors (Lipinski definition) is 1. The van der Waals surface area contributed by atoms with Crippen LogP contribution in [0.25, 0.3) is 0 Å². The molecule has 1 aliphatic heterocycles. The van der Waals surface area contributed by atoms with Crippen LogP contribution >= 0.6 is 0 Å². The lowest BCUT2D eigenvalue weighted by molar-refractivity contribution is -0.557. The maximum Gasteiger partial charge on any atom is 0.274 e. The van der Waals surface area contributed by atoms with Crippen LogP contribution in [0.5, 0.6) is 0 Å². The number of nitrogens with zero attached hydrogens (tertiary/aromatic N) is 2. The van der Waals surface area contributed by atoms with Crippen molar-refractivity contribution in [1.29, 1.82) is 0 Å². The Morgan fingerprint density at radius 2 is 1.32 bits per heavy atom. The number of ketones is 1. The van der Waals surface area contributed by atoms with Crippen LogP contribution in [-0.2, 0) is 45.4 Å². The Bertz CT molecular complexity index is 1490. The van der Waals surface area contributed by atoms with E-state index in [-0.39, 0.29) is 44.4 Å². The minimum Gasteiger partial charge on any atom is -0.390 e. The first-order valence-corrected chi connectivity index (χ1v) is 14.4. The number of pyridine rings is 1. The number of aliphatic hydroxyl groups excluding tert-OH is 1.